The van der Waals surface area contributed by atoms with Crippen LogP contribution in [0.15, 0.2) is 18.2 Å². The quantitative estimate of drug-likeness (QED) is 0.436. The van der Waals surface area contributed by atoms with E-state index >= 15 is 0 Å². The number of carboxylic acid groups (broad SMARTS) is 1. The molecule has 114 valence electrons. The average molecular weight is 297 g/mol. The Kier molecular flexibility index (Phi) is 5.53. The third-order valence-electron chi connectivity index (χ3n) is 2.71. The third kappa shape index (κ3) is 4.68. The number of carboxylic acids is 1. The van der Waals surface area contributed by atoms with Gasteiger partial charge in [0.1, 0.15) is 6.04 Å². The van der Waals surface area contributed by atoms with Crippen molar-refractivity contribution in [2.45, 2.75) is 18.9 Å². The fourth-order valence-electron chi connectivity index (χ4n) is 1.53. The zero-order valence-corrected chi connectivity index (χ0v) is 11.2. The first-order valence-corrected chi connectivity index (χ1v) is 5.97. The molecule has 0 saturated carbocycles. The second-order valence-corrected chi connectivity index (χ2v) is 4.18. The summed E-state index contributed by atoms with van der Waals surface area (Å²) in [5, 5.41) is 29.7. The first-order chi connectivity index (χ1) is 9.85. The molecule has 0 bridgehead atoms. The summed E-state index contributed by atoms with van der Waals surface area (Å²) in [6, 6.07) is 2.06. The number of aromatic hydroxyl groups is 2. The number of phenolic OH excluding ortho intramolecular Hbond substituents is 2. The van der Waals surface area contributed by atoms with Crippen LogP contribution < -0.4 is 5.32 Å². The molecule has 0 unspecified atom stereocenters. The normalized spacial score (nSPS) is 11.5. The van der Waals surface area contributed by atoms with Crippen LogP contribution in [0.2, 0.25) is 0 Å². The molecule has 0 aromatic heterocycles. The monoisotopic (exact) mass is 297 g/mol. The number of benzene rings is 1. The lowest BCUT2D eigenvalue weighted by Gasteiger charge is -2.14. The highest BCUT2D eigenvalue weighted by atomic mass is 16.5. The number of amides is 1. The summed E-state index contributed by atoms with van der Waals surface area (Å²) in [5.74, 6) is -3.52. The molecular formula is C13H15NO7. The van der Waals surface area contributed by atoms with E-state index in [2.05, 4.69) is 10.1 Å². The van der Waals surface area contributed by atoms with Crippen molar-refractivity contribution in [3.8, 4) is 11.5 Å². The number of phenols is 2. The third-order valence-corrected chi connectivity index (χ3v) is 2.71. The van der Waals surface area contributed by atoms with Crippen molar-refractivity contribution in [2.24, 2.45) is 0 Å². The van der Waals surface area contributed by atoms with E-state index in [4.69, 9.17) is 10.2 Å². The SMILES string of the molecule is COC(=O)CC[C@H](NC(=O)c1ccc(O)c(O)c1)C(=O)O. The van der Waals surface area contributed by atoms with Gasteiger partial charge in [-0.1, -0.05) is 0 Å². The second kappa shape index (κ2) is 7.13. The van der Waals surface area contributed by atoms with Crippen molar-refractivity contribution in [1.82, 2.24) is 5.32 Å². The highest BCUT2D eigenvalue weighted by Crippen LogP contribution is 2.24. The van der Waals surface area contributed by atoms with Gasteiger partial charge in [0.25, 0.3) is 5.91 Å². The molecule has 0 radical (unpaired) electrons. The number of methoxy groups -OCH3 is 1. The first-order valence-electron chi connectivity index (χ1n) is 5.97. The lowest BCUT2D eigenvalue weighted by molar-refractivity contribution is -0.142. The Morgan fingerprint density at radius 3 is 2.43 bits per heavy atom. The van der Waals surface area contributed by atoms with Gasteiger partial charge in [-0.05, 0) is 24.6 Å². The minimum absolute atomic E-state index is 0.0189. The Balaban J connectivity index is 2.74. The molecule has 0 heterocycles. The number of carbonyl (C=O) groups excluding carboxylic acids is 2. The van der Waals surface area contributed by atoms with Crippen LogP contribution in [0, 0.1) is 0 Å². The van der Waals surface area contributed by atoms with Crippen molar-refractivity contribution < 1.29 is 34.4 Å². The number of ether oxygens (including phenoxy) is 1. The lowest BCUT2D eigenvalue weighted by Crippen LogP contribution is -2.41. The van der Waals surface area contributed by atoms with Crippen LogP contribution in [-0.2, 0) is 14.3 Å². The number of aliphatic carboxylic acids is 1. The second-order valence-electron chi connectivity index (χ2n) is 4.18. The Hall–Kier alpha value is -2.77. The molecule has 1 amide bonds. The van der Waals surface area contributed by atoms with E-state index in [1.807, 2.05) is 0 Å². The Morgan fingerprint density at radius 2 is 1.90 bits per heavy atom. The molecule has 0 fully saturated rings. The van der Waals surface area contributed by atoms with E-state index < -0.39 is 35.4 Å². The van der Waals surface area contributed by atoms with Gasteiger partial charge in [-0.25, -0.2) is 4.79 Å². The van der Waals surface area contributed by atoms with E-state index in [0.29, 0.717) is 0 Å². The summed E-state index contributed by atoms with van der Waals surface area (Å²) >= 11 is 0. The topological polar surface area (TPSA) is 133 Å². The summed E-state index contributed by atoms with van der Waals surface area (Å²) in [6.45, 7) is 0. The van der Waals surface area contributed by atoms with Crippen LogP contribution in [0.3, 0.4) is 0 Å². The van der Waals surface area contributed by atoms with Gasteiger partial charge in [0.2, 0.25) is 0 Å². The van der Waals surface area contributed by atoms with Crippen LogP contribution in [0.5, 0.6) is 11.5 Å². The van der Waals surface area contributed by atoms with E-state index in [9.17, 15) is 19.5 Å². The minimum atomic E-state index is -1.30. The average Bonchev–Trinajstić information content (AvgIpc) is 2.45. The number of nitrogens with one attached hydrogen (secondary N) is 1. The van der Waals surface area contributed by atoms with Crippen molar-refractivity contribution >= 4 is 17.8 Å². The molecule has 0 aliphatic heterocycles. The van der Waals surface area contributed by atoms with Gasteiger partial charge >= 0.3 is 11.9 Å². The summed E-state index contributed by atoms with van der Waals surface area (Å²) in [7, 11) is 1.18. The maximum Gasteiger partial charge on any atom is 0.326 e. The van der Waals surface area contributed by atoms with Crippen LogP contribution in [0.1, 0.15) is 23.2 Å². The van der Waals surface area contributed by atoms with E-state index in [0.717, 1.165) is 12.1 Å². The zero-order valence-electron chi connectivity index (χ0n) is 11.2. The van der Waals surface area contributed by atoms with Crippen LogP contribution in [0.4, 0.5) is 0 Å². The molecule has 4 N–H and O–H groups in total. The zero-order chi connectivity index (χ0) is 16.0. The molecule has 0 aliphatic rings. The predicted molar refractivity (Wildman–Crippen MR) is 69.9 cm³/mol. The Labute approximate surface area is 120 Å². The predicted octanol–water partition coefficient (Wildman–Crippen LogP) is 0.234. The molecule has 0 saturated heterocycles. The van der Waals surface area contributed by atoms with Gasteiger partial charge in [0.05, 0.1) is 7.11 Å². The highest BCUT2D eigenvalue weighted by molar-refractivity contribution is 5.97. The van der Waals surface area contributed by atoms with Gasteiger partial charge in [-0.2, -0.15) is 0 Å². The van der Waals surface area contributed by atoms with Crippen LogP contribution >= 0.6 is 0 Å². The molecule has 8 heteroatoms. The van der Waals surface area contributed by atoms with E-state index in [-0.39, 0.29) is 18.4 Å². The number of hydrogen-bond acceptors (Lipinski definition) is 6. The first kappa shape index (κ1) is 16.3. The van der Waals surface area contributed by atoms with Crippen molar-refractivity contribution in [2.75, 3.05) is 7.11 Å². The molecular weight excluding hydrogens is 282 g/mol. The molecule has 0 spiro atoms. The Bertz CT molecular complexity index is 555. The fourth-order valence-corrected chi connectivity index (χ4v) is 1.53. The molecule has 21 heavy (non-hydrogen) atoms. The van der Waals surface area contributed by atoms with Gasteiger partial charge in [0.15, 0.2) is 11.5 Å². The molecule has 1 rings (SSSR count). The smallest absolute Gasteiger partial charge is 0.326 e. The van der Waals surface area contributed by atoms with Crippen LogP contribution in [-0.4, -0.2) is 46.3 Å². The summed E-state index contributed by atoms with van der Waals surface area (Å²) in [5.41, 5.74) is -0.0189. The standard InChI is InChI=1S/C13H15NO7/c1-21-11(17)5-3-8(13(19)20)14-12(18)7-2-4-9(15)10(16)6-7/h2,4,6,8,15-16H,3,5H2,1H3,(H,14,18)(H,19,20)/t8-/m0/s1. The van der Waals surface area contributed by atoms with Crippen LogP contribution in [0.25, 0.3) is 0 Å². The largest absolute Gasteiger partial charge is 0.504 e. The van der Waals surface area contributed by atoms with Gasteiger partial charge in [0, 0.05) is 12.0 Å². The van der Waals surface area contributed by atoms with Crippen molar-refractivity contribution in [1.29, 1.82) is 0 Å². The number of hydrogen-bond donors (Lipinski definition) is 4. The molecule has 1 aromatic rings. The maximum absolute atomic E-state index is 11.9. The fraction of sp³-hybridized carbons (Fsp3) is 0.308. The summed E-state index contributed by atoms with van der Waals surface area (Å²) < 4.78 is 4.39. The maximum atomic E-state index is 11.9. The molecule has 0 aliphatic carbocycles. The summed E-state index contributed by atoms with van der Waals surface area (Å²) in [4.78, 5) is 33.9. The number of carbonyl (C=O) groups is 3. The molecule has 1 aromatic carbocycles. The van der Waals surface area contributed by atoms with Gasteiger partial charge in [-0.3, -0.25) is 9.59 Å². The van der Waals surface area contributed by atoms with Crippen molar-refractivity contribution in [3.63, 3.8) is 0 Å². The van der Waals surface area contributed by atoms with Crippen molar-refractivity contribution in [3.05, 3.63) is 23.8 Å². The van der Waals surface area contributed by atoms with Gasteiger partial charge in [-0.15, -0.1) is 0 Å². The molecule has 1 atom stereocenters. The van der Waals surface area contributed by atoms with Gasteiger partial charge < -0.3 is 25.4 Å². The lowest BCUT2D eigenvalue weighted by atomic mass is 10.1. The highest BCUT2D eigenvalue weighted by Gasteiger charge is 2.22. The minimum Gasteiger partial charge on any atom is -0.504 e. The Morgan fingerprint density at radius 1 is 1.24 bits per heavy atom. The number of esters is 1. The summed E-state index contributed by atoms with van der Waals surface area (Å²) in [6.07, 6.45) is -0.285. The van der Waals surface area contributed by atoms with E-state index in [1.54, 1.807) is 0 Å². The number of rotatable bonds is 6. The van der Waals surface area contributed by atoms with E-state index in [1.165, 1.54) is 13.2 Å². The molecule has 8 nitrogen and oxygen atoms in total.